The van der Waals surface area contributed by atoms with E-state index >= 15 is 0 Å². The Morgan fingerprint density at radius 3 is 2.18 bits per heavy atom. The molecule has 0 bridgehead atoms. The molecular formula is C34H44FN3O6. The number of carbonyl (C=O) groups excluding carboxylic acids is 1. The third-order valence-corrected chi connectivity index (χ3v) is 7.55. The topological polar surface area (TPSA) is 111 Å². The van der Waals surface area contributed by atoms with Crippen molar-refractivity contribution in [3.63, 3.8) is 0 Å². The zero-order valence-electron chi connectivity index (χ0n) is 26.8. The largest absolute Gasteiger partial charge is 0.490 e. The summed E-state index contributed by atoms with van der Waals surface area (Å²) in [6, 6.07) is 9.75. The Kier molecular flexibility index (Phi) is 9.75. The zero-order chi connectivity index (χ0) is 32.4. The van der Waals surface area contributed by atoms with Crippen molar-refractivity contribution < 1.29 is 28.5 Å². The minimum absolute atomic E-state index is 0.0520. The molecule has 0 saturated heterocycles. The first kappa shape index (κ1) is 33.0. The van der Waals surface area contributed by atoms with E-state index in [0.717, 1.165) is 12.8 Å². The summed E-state index contributed by atoms with van der Waals surface area (Å²) in [5.41, 5.74) is 6.89. The van der Waals surface area contributed by atoms with Crippen LogP contribution in [0.2, 0.25) is 0 Å². The van der Waals surface area contributed by atoms with Gasteiger partial charge in [0.25, 0.3) is 5.56 Å². The van der Waals surface area contributed by atoms with Crippen molar-refractivity contribution in [2.45, 2.75) is 97.5 Å². The maximum Gasteiger partial charge on any atom is 0.422 e. The van der Waals surface area contributed by atoms with E-state index in [9.17, 15) is 19.1 Å². The number of aryl methyl sites for hydroxylation is 3. The summed E-state index contributed by atoms with van der Waals surface area (Å²) in [4.78, 5) is 24.8. The van der Waals surface area contributed by atoms with Crippen molar-refractivity contribution >= 4 is 6.09 Å². The first-order valence-corrected chi connectivity index (χ1v) is 14.9. The second kappa shape index (κ2) is 13.0. The van der Waals surface area contributed by atoms with E-state index in [1.54, 1.807) is 73.8 Å². The maximum atomic E-state index is 14.0. The number of carbonyl (C=O) groups is 1. The second-order valence-electron chi connectivity index (χ2n) is 13.1. The molecular weight excluding hydrogens is 565 g/mol. The van der Waals surface area contributed by atoms with Gasteiger partial charge in [-0.05, 0) is 115 Å². The Bertz CT molecular complexity index is 1540. The molecule has 1 aliphatic carbocycles. The molecule has 9 nitrogen and oxygen atoms in total. The number of rotatable bonds is 8. The predicted octanol–water partition coefficient (Wildman–Crippen LogP) is 6.55. The number of hydrazine groups is 1. The average Bonchev–Trinajstić information content (AvgIpc) is 2.91. The van der Waals surface area contributed by atoms with Crippen LogP contribution >= 0.6 is 0 Å². The number of nitrogens with zero attached hydrogens (tertiary/aromatic N) is 1. The number of aromatic nitrogens is 1. The molecule has 2 aromatic carbocycles. The fourth-order valence-electron chi connectivity index (χ4n) is 5.26. The van der Waals surface area contributed by atoms with Gasteiger partial charge in [0.2, 0.25) is 0 Å². The molecule has 0 aliphatic heterocycles. The Morgan fingerprint density at radius 2 is 1.59 bits per heavy atom. The van der Waals surface area contributed by atoms with Crippen LogP contribution in [0.5, 0.6) is 17.2 Å². The smallest absolute Gasteiger partial charge is 0.422 e. The van der Waals surface area contributed by atoms with Crippen LogP contribution in [0.25, 0.3) is 11.1 Å². The highest BCUT2D eigenvalue weighted by Gasteiger charge is 2.27. The number of hydrogen-bond acceptors (Lipinski definition) is 7. The second-order valence-corrected chi connectivity index (χ2v) is 13.1. The van der Waals surface area contributed by atoms with Crippen LogP contribution in [0.3, 0.4) is 0 Å². The molecule has 0 atom stereocenters. The van der Waals surface area contributed by atoms with Gasteiger partial charge in [-0.2, -0.15) is 0 Å². The van der Waals surface area contributed by atoms with Gasteiger partial charge in [-0.3, -0.25) is 10.2 Å². The summed E-state index contributed by atoms with van der Waals surface area (Å²) in [5.74, 6) is 1.06. The Hall–Kier alpha value is -3.89. The van der Waals surface area contributed by atoms with Gasteiger partial charge in [-0.25, -0.2) is 14.6 Å². The molecule has 1 fully saturated rings. The third kappa shape index (κ3) is 8.39. The lowest BCUT2D eigenvalue weighted by Crippen LogP contribution is -2.48. The van der Waals surface area contributed by atoms with E-state index < -0.39 is 17.3 Å². The molecule has 1 aliphatic rings. The summed E-state index contributed by atoms with van der Waals surface area (Å²) in [7, 11) is 1.67. The molecule has 1 heterocycles. The molecule has 1 amide bonds. The number of pyridine rings is 1. The van der Waals surface area contributed by atoms with Gasteiger partial charge in [0.15, 0.2) is 0 Å². The summed E-state index contributed by atoms with van der Waals surface area (Å²) in [5, 5.41) is 10.8. The fourth-order valence-corrected chi connectivity index (χ4v) is 5.26. The maximum absolute atomic E-state index is 14.0. The normalized spacial score (nSPS) is 17.2. The van der Waals surface area contributed by atoms with E-state index in [4.69, 9.17) is 14.2 Å². The highest BCUT2D eigenvalue weighted by atomic mass is 19.1. The zero-order valence-corrected chi connectivity index (χ0v) is 26.8. The minimum Gasteiger partial charge on any atom is -0.490 e. The van der Waals surface area contributed by atoms with E-state index in [1.807, 2.05) is 6.07 Å². The quantitative estimate of drug-likeness (QED) is 0.249. The van der Waals surface area contributed by atoms with Crippen molar-refractivity contribution in [3.05, 3.63) is 75.5 Å². The monoisotopic (exact) mass is 609 g/mol. The average molecular weight is 610 g/mol. The van der Waals surface area contributed by atoms with Crippen molar-refractivity contribution in [3.8, 4) is 28.4 Å². The summed E-state index contributed by atoms with van der Waals surface area (Å²) in [6.07, 6.45) is 3.89. The molecule has 0 radical (unpaired) electrons. The number of benzene rings is 2. The van der Waals surface area contributed by atoms with Gasteiger partial charge in [-0.1, -0.05) is 6.07 Å². The van der Waals surface area contributed by atoms with Crippen LogP contribution in [0.4, 0.5) is 9.18 Å². The third-order valence-electron chi connectivity index (χ3n) is 7.55. The van der Waals surface area contributed by atoms with Crippen molar-refractivity contribution in [1.29, 1.82) is 0 Å². The van der Waals surface area contributed by atoms with Crippen molar-refractivity contribution in [2.75, 3.05) is 0 Å². The van der Waals surface area contributed by atoms with Crippen LogP contribution in [-0.4, -0.2) is 33.5 Å². The van der Waals surface area contributed by atoms with E-state index in [-0.39, 0.29) is 23.5 Å². The van der Waals surface area contributed by atoms with Crippen LogP contribution in [0.1, 0.15) is 77.0 Å². The highest BCUT2D eigenvalue weighted by Crippen LogP contribution is 2.42. The molecule has 0 spiro atoms. The van der Waals surface area contributed by atoms with Crippen LogP contribution in [-0.2, 0) is 17.4 Å². The standard InChI is InChI=1S/C34H44FN3O6/c1-20-15-23(35)16-21(2)31(20)43-28-14-9-22(34(6,7)41)17-26(28)27-19-38(8)30(39)18-29(27)42-25-12-10-24(11-13-25)36-37-32(40)44-33(3,4)5/h9,14-19,24-25,36,41H,10-13H2,1-8H3,(H,37,40)/t24-,25-. The van der Waals surface area contributed by atoms with Gasteiger partial charge in [0.1, 0.15) is 28.7 Å². The first-order valence-electron chi connectivity index (χ1n) is 14.9. The summed E-state index contributed by atoms with van der Waals surface area (Å²) in [6.45, 7) is 12.4. The molecule has 4 rings (SSSR count). The van der Waals surface area contributed by atoms with Gasteiger partial charge in [-0.15, -0.1) is 0 Å². The first-order chi connectivity index (χ1) is 20.5. The fraction of sp³-hybridized carbons (Fsp3) is 0.471. The lowest BCUT2D eigenvalue weighted by atomic mass is 9.92. The summed E-state index contributed by atoms with van der Waals surface area (Å²) < 4.78 is 33.7. The predicted molar refractivity (Wildman–Crippen MR) is 167 cm³/mol. The number of halogens is 1. The van der Waals surface area contributed by atoms with Gasteiger partial charge < -0.3 is 23.9 Å². The molecule has 238 valence electrons. The number of hydrogen-bond donors (Lipinski definition) is 3. The number of aliphatic hydroxyl groups is 1. The molecule has 3 aromatic rings. The Morgan fingerprint density at radius 1 is 0.955 bits per heavy atom. The van der Waals surface area contributed by atoms with E-state index in [2.05, 4.69) is 10.9 Å². The molecule has 3 N–H and O–H groups in total. The van der Waals surface area contributed by atoms with Crippen LogP contribution < -0.4 is 25.9 Å². The van der Waals surface area contributed by atoms with Crippen molar-refractivity contribution in [2.24, 2.45) is 7.05 Å². The van der Waals surface area contributed by atoms with Crippen LogP contribution in [0.15, 0.2) is 47.4 Å². The Labute approximate surface area is 258 Å². The number of nitrogens with one attached hydrogen (secondary N) is 2. The van der Waals surface area contributed by atoms with Gasteiger partial charge >= 0.3 is 6.09 Å². The van der Waals surface area contributed by atoms with E-state index in [0.29, 0.717) is 57.9 Å². The SMILES string of the molecule is Cc1cc(F)cc(C)c1Oc1ccc(C(C)(C)O)cc1-c1cn(C)c(=O)cc1O[C@H]1CC[C@H](NNC(=O)OC(C)(C)C)CC1. The number of ether oxygens (including phenoxy) is 3. The molecule has 44 heavy (non-hydrogen) atoms. The van der Waals surface area contributed by atoms with Gasteiger partial charge in [0.05, 0.1) is 11.7 Å². The molecule has 1 saturated carbocycles. The molecule has 10 heteroatoms. The minimum atomic E-state index is -1.14. The van der Waals surface area contributed by atoms with Crippen molar-refractivity contribution in [1.82, 2.24) is 15.4 Å². The molecule has 0 unspecified atom stereocenters. The van der Waals surface area contributed by atoms with Crippen LogP contribution in [0, 0.1) is 19.7 Å². The van der Waals surface area contributed by atoms with E-state index in [1.165, 1.54) is 22.8 Å². The number of amides is 1. The Balaban J connectivity index is 1.62. The highest BCUT2D eigenvalue weighted by molar-refractivity contribution is 5.76. The molecule has 1 aromatic heterocycles. The lowest BCUT2D eigenvalue weighted by Gasteiger charge is -2.30. The van der Waals surface area contributed by atoms with Gasteiger partial charge in [0, 0.05) is 36.5 Å². The lowest BCUT2D eigenvalue weighted by molar-refractivity contribution is 0.0473. The summed E-state index contributed by atoms with van der Waals surface area (Å²) >= 11 is 0.